The summed E-state index contributed by atoms with van der Waals surface area (Å²) in [5.41, 5.74) is 5.57. The lowest BCUT2D eigenvalue weighted by atomic mass is 10.1. The van der Waals surface area contributed by atoms with E-state index in [1.54, 1.807) is 6.08 Å². The van der Waals surface area contributed by atoms with Crippen molar-refractivity contribution >= 4 is 40.6 Å². The molecule has 3 rings (SSSR count). The number of rotatable bonds is 5. The molecule has 0 spiro atoms. The number of anilines is 2. The van der Waals surface area contributed by atoms with Crippen LogP contribution >= 0.6 is 11.3 Å². The fourth-order valence-electron chi connectivity index (χ4n) is 3.04. The van der Waals surface area contributed by atoms with E-state index in [-0.39, 0.29) is 5.57 Å². The molecule has 148 valence electrons. The van der Waals surface area contributed by atoms with Crippen LogP contribution in [0.25, 0.3) is 6.08 Å². The van der Waals surface area contributed by atoms with Crippen LogP contribution in [-0.2, 0) is 9.59 Å². The molecule has 2 amide bonds. The minimum Gasteiger partial charge on any atom is -0.322 e. The summed E-state index contributed by atoms with van der Waals surface area (Å²) in [5, 5.41) is 7.66. The number of hydrogen-bond acceptors (Lipinski definition) is 3. The lowest BCUT2D eigenvalue weighted by molar-refractivity contribution is -0.118. The number of amides is 2. The van der Waals surface area contributed by atoms with Crippen molar-refractivity contribution < 1.29 is 9.59 Å². The van der Waals surface area contributed by atoms with E-state index in [0.29, 0.717) is 11.4 Å². The second-order valence-corrected chi connectivity index (χ2v) is 8.10. The van der Waals surface area contributed by atoms with Gasteiger partial charge in [0.1, 0.15) is 5.57 Å². The Morgan fingerprint density at radius 3 is 1.72 bits per heavy atom. The van der Waals surface area contributed by atoms with Gasteiger partial charge in [-0.15, -0.1) is 11.3 Å². The van der Waals surface area contributed by atoms with Gasteiger partial charge in [-0.3, -0.25) is 9.59 Å². The average Bonchev–Trinajstić information content (AvgIpc) is 3.17. The minimum absolute atomic E-state index is 0.0624. The van der Waals surface area contributed by atoms with E-state index in [9.17, 15) is 9.59 Å². The summed E-state index contributed by atoms with van der Waals surface area (Å²) in [6.45, 7) is 7.86. The molecule has 0 radical (unpaired) electrons. The third-order valence-electron chi connectivity index (χ3n) is 4.58. The van der Waals surface area contributed by atoms with Crippen molar-refractivity contribution in [2.45, 2.75) is 27.7 Å². The zero-order valence-electron chi connectivity index (χ0n) is 17.0. The zero-order chi connectivity index (χ0) is 21.0. The maximum absolute atomic E-state index is 13.0. The van der Waals surface area contributed by atoms with E-state index in [1.807, 2.05) is 81.6 Å². The Labute approximate surface area is 175 Å². The molecule has 2 N–H and O–H groups in total. The summed E-state index contributed by atoms with van der Waals surface area (Å²) in [4.78, 5) is 26.9. The number of benzene rings is 2. The minimum atomic E-state index is -0.437. The summed E-state index contributed by atoms with van der Waals surface area (Å²) in [7, 11) is 0. The lowest BCUT2D eigenvalue weighted by Gasteiger charge is -2.13. The van der Waals surface area contributed by atoms with Crippen LogP contribution in [0.2, 0.25) is 0 Å². The van der Waals surface area contributed by atoms with Crippen LogP contribution in [0, 0.1) is 27.7 Å². The van der Waals surface area contributed by atoms with Gasteiger partial charge in [-0.25, -0.2) is 0 Å². The number of carbonyl (C=O) groups excluding carboxylic acids is 2. The molecule has 0 aliphatic heterocycles. The first-order valence-electron chi connectivity index (χ1n) is 9.36. The molecule has 5 heteroatoms. The zero-order valence-corrected chi connectivity index (χ0v) is 17.8. The molecule has 0 saturated carbocycles. The first-order chi connectivity index (χ1) is 13.8. The van der Waals surface area contributed by atoms with Crippen LogP contribution in [-0.4, -0.2) is 11.8 Å². The van der Waals surface area contributed by atoms with E-state index >= 15 is 0 Å². The van der Waals surface area contributed by atoms with Crippen molar-refractivity contribution in [3.8, 4) is 0 Å². The van der Waals surface area contributed by atoms with Gasteiger partial charge in [0.15, 0.2) is 0 Å². The highest BCUT2D eigenvalue weighted by atomic mass is 32.1. The molecule has 3 aromatic rings. The average molecular weight is 405 g/mol. The van der Waals surface area contributed by atoms with Crippen LogP contribution < -0.4 is 10.6 Å². The number of carbonyl (C=O) groups is 2. The Morgan fingerprint density at radius 2 is 1.31 bits per heavy atom. The summed E-state index contributed by atoms with van der Waals surface area (Å²) < 4.78 is 0. The van der Waals surface area contributed by atoms with Crippen molar-refractivity contribution in [3.63, 3.8) is 0 Å². The second-order valence-electron chi connectivity index (χ2n) is 7.12. The van der Waals surface area contributed by atoms with E-state index in [4.69, 9.17) is 0 Å². The van der Waals surface area contributed by atoms with Gasteiger partial charge in [0.2, 0.25) is 0 Å². The molecule has 1 heterocycles. The summed E-state index contributed by atoms with van der Waals surface area (Å²) in [6.07, 6.45) is 1.63. The topological polar surface area (TPSA) is 58.2 Å². The molecule has 0 fully saturated rings. The van der Waals surface area contributed by atoms with Gasteiger partial charge in [0.25, 0.3) is 11.8 Å². The number of nitrogens with one attached hydrogen (secondary N) is 2. The monoisotopic (exact) mass is 404 g/mol. The van der Waals surface area contributed by atoms with E-state index < -0.39 is 11.8 Å². The first kappa shape index (κ1) is 20.6. The molecule has 1 aromatic heterocycles. The quantitative estimate of drug-likeness (QED) is 0.328. The molecule has 4 nitrogen and oxygen atoms in total. The van der Waals surface area contributed by atoms with E-state index in [1.165, 1.54) is 11.3 Å². The van der Waals surface area contributed by atoms with Crippen LogP contribution in [0.5, 0.6) is 0 Å². The number of aryl methyl sites for hydroxylation is 4. The molecule has 0 unspecified atom stereocenters. The lowest BCUT2D eigenvalue weighted by Crippen LogP contribution is -2.25. The van der Waals surface area contributed by atoms with Gasteiger partial charge in [0, 0.05) is 16.3 Å². The Kier molecular flexibility index (Phi) is 6.29. The largest absolute Gasteiger partial charge is 0.322 e. The molecule has 0 aliphatic carbocycles. The smallest absolute Gasteiger partial charge is 0.261 e. The summed E-state index contributed by atoms with van der Waals surface area (Å²) in [6, 6.07) is 15.3. The van der Waals surface area contributed by atoms with Gasteiger partial charge in [-0.2, -0.15) is 0 Å². The fraction of sp³-hybridized carbons (Fsp3) is 0.167. The van der Waals surface area contributed by atoms with Crippen molar-refractivity contribution in [2.24, 2.45) is 0 Å². The van der Waals surface area contributed by atoms with Crippen molar-refractivity contribution in [1.29, 1.82) is 0 Å². The van der Waals surface area contributed by atoms with Crippen molar-refractivity contribution in [3.05, 3.63) is 86.6 Å². The molecule has 0 bridgehead atoms. The van der Waals surface area contributed by atoms with Gasteiger partial charge in [0.05, 0.1) is 0 Å². The van der Waals surface area contributed by atoms with Crippen LogP contribution in [0.3, 0.4) is 0 Å². The van der Waals surface area contributed by atoms with Gasteiger partial charge < -0.3 is 10.6 Å². The fourth-order valence-corrected chi connectivity index (χ4v) is 3.69. The Bertz CT molecular complexity index is 1010. The summed E-state index contributed by atoms with van der Waals surface area (Å²) in [5.74, 6) is -0.875. The van der Waals surface area contributed by atoms with Gasteiger partial charge in [-0.1, -0.05) is 41.5 Å². The second kappa shape index (κ2) is 8.88. The molecule has 2 aromatic carbocycles. The molecule has 0 saturated heterocycles. The SMILES string of the molecule is Cc1ccc(NC(=O)C(=Cc2cccs2)C(=O)Nc2ccc(C)cc2C)c(C)c1. The third kappa shape index (κ3) is 5.21. The van der Waals surface area contributed by atoms with Crippen LogP contribution in [0.4, 0.5) is 11.4 Å². The van der Waals surface area contributed by atoms with Gasteiger partial charge >= 0.3 is 0 Å². The Hall–Kier alpha value is -3.18. The highest BCUT2D eigenvalue weighted by Crippen LogP contribution is 2.21. The summed E-state index contributed by atoms with van der Waals surface area (Å²) >= 11 is 1.47. The predicted octanol–water partition coefficient (Wildman–Crippen LogP) is 5.64. The highest BCUT2D eigenvalue weighted by Gasteiger charge is 2.20. The van der Waals surface area contributed by atoms with E-state index in [2.05, 4.69) is 10.6 Å². The van der Waals surface area contributed by atoms with Gasteiger partial charge in [-0.05, 0) is 68.5 Å². The molecular weight excluding hydrogens is 380 g/mol. The number of thiophene rings is 1. The van der Waals surface area contributed by atoms with E-state index in [0.717, 1.165) is 27.1 Å². The molecular formula is C24H24N2O2S. The Morgan fingerprint density at radius 1 is 0.793 bits per heavy atom. The van der Waals surface area contributed by atoms with Crippen LogP contribution in [0.1, 0.15) is 27.1 Å². The first-order valence-corrected chi connectivity index (χ1v) is 10.2. The standard InChI is InChI=1S/C24H24N2O2S/c1-15-7-9-21(17(3)12-15)25-23(27)20(14-19-6-5-11-29-19)24(28)26-22-10-8-16(2)13-18(22)4/h5-14H,1-4H3,(H,25,27)(H,26,28). The maximum atomic E-state index is 13.0. The molecule has 0 aliphatic rings. The van der Waals surface area contributed by atoms with Crippen molar-refractivity contribution in [2.75, 3.05) is 10.6 Å². The maximum Gasteiger partial charge on any atom is 0.261 e. The number of hydrogen-bond donors (Lipinski definition) is 2. The highest BCUT2D eigenvalue weighted by molar-refractivity contribution is 7.10. The van der Waals surface area contributed by atoms with Crippen molar-refractivity contribution in [1.82, 2.24) is 0 Å². The molecule has 29 heavy (non-hydrogen) atoms. The molecule has 0 atom stereocenters. The normalized spacial score (nSPS) is 10.3. The predicted molar refractivity (Wildman–Crippen MR) is 121 cm³/mol. The third-order valence-corrected chi connectivity index (χ3v) is 5.40. The van der Waals surface area contributed by atoms with Crippen LogP contribution in [0.15, 0.2) is 59.5 Å². The Balaban J connectivity index is 1.89.